The second-order valence-electron chi connectivity index (χ2n) is 13.5. The van der Waals surface area contributed by atoms with E-state index in [1.165, 1.54) is 37.0 Å². The first-order valence-corrected chi connectivity index (χ1v) is 18.0. The number of carboxylic acids is 1. The van der Waals surface area contributed by atoms with Gasteiger partial charge in [-0.15, -0.1) is 11.3 Å². The van der Waals surface area contributed by atoms with Gasteiger partial charge in [-0.05, 0) is 47.2 Å². The molecule has 0 fully saturated rings. The number of hydrogen-bond donors (Lipinski definition) is 4. The summed E-state index contributed by atoms with van der Waals surface area (Å²) in [7, 11) is 0. The van der Waals surface area contributed by atoms with Crippen LogP contribution >= 0.6 is 11.3 Å². The van der Waals surface area contributed by atoms with Gasteiger partial charge >= 0.3 is 5.97 Å². The topological polar surface area (TPSA) is 174 Å². The fraction of sp³-hybridized carbons (Fsp3) is 0.385. The summed E-state index contributed by atoms with van der Waals surface area (Å²) >= 11 is 1.32. The molecule has 12 heteroatoms. The summed E-state index contributed by atoms with van der Waals surface area (Å²) in [6.45, 7) is 9.03. The Morgan fingerprint density at radius 1 is 0.824 bits per heavy atom. The van der Waals surface area contributed by atoms with Crippen molar-refractivity contribution in [1.82, 2.24) is 20.6 Å². The van der Waals surface area contributed by atoms with Gasteiger partial charge in [0.15, 0.2) is 5.82 Å². The summed E-state index contributed by atoms with van der Waals surface area (Å²) in [6, 6.07) is 16.1. The van der Waals surface area contributed by atoms with Crippen LogP contribution in [-0.2, 0) is 26.2 Å². The molecule has 0 aliphatic carbocycles. The minimum absolute atomic E-state index is 0.0618. The maximum atomic E-state index is 13.4. The van der Waals surface area contributed by atoms with E-state index in [4.69, 9.17) is 10.5 Å². The molecule has 0 unspecified atom stereocenters. The summed E-state index contributed by atoms with van der Waals surface area (Å²) < 4.78 is 5.88. The van der Waals surface area contributed by atoms with Gasteiger partial charge in [0.2, 0.25) is 11.8 Å². The molecule has 3 amide bonds. The van der Waals surface area contributed by atoms with E-state index in [9.17, 15) is 24.3 Å². The molecule has 270 valence electrons. The zero-order chi connectivity index (χ0) is 37.0. The van der Waals surface area contributed by atoms with Crippen LogP contribution in [0.2, 0.25) is 0 Å². The lowest BCUT2D eigenvalue weighted by atomic mass is 9.95. The maximum Gasteiger partial charge on any atom is 0.305 e. The molecule has 0 aliphatic rings. The average molecular weight is 714 g/mol. The van der Waals surface area contributed by atoms with Gasteiger partial charge < -0.3 is 26.2 Å². The van der Waals surface area contributed by atoms with E-state index in [-0.39, 0.29) is 11.8 Å². The van der Waals surface area contributed by atoms with E-state index < -0.39 is 42.2 Å². The van der Waals surface area contributed by atoms with Crippen LogP contribution in [0.15, 0.2) is 73.1 Å². The standard InChI is InChI=1S/C39H47N5O6S/c1-5-6-7-8-9-20-50-29-16-14-26(15-17-29)28-23-41-36(42-24-28)27-12-10-25(11-13-27)21-31(37(48)43-30(35(40)47)22-34(45)46)44-38(49)32-18-19-33(51-32)39(2,3)4/h10-19,23-24,30-31H,5-9,20-22H2,1-4H3,(H2,40,47)(H,43,48)(H,44,49)(H,45,46)/t30-,31-/m0/s1. The van der Waals surface area contributed by atoms with Gasteiger partial charge in [-0.2, -0.15) is 0 Å². The first-order chi connectivity index (χ1) is 24.3. The Hall–Kier alpha value is -5.10. The molecule has 0 spiro atoms. The van der Waals surface area contributed by atoms with Crippen molar-refractivity contribution >= 4 is 35.0 Å². The van der Waals surface area contributed by atoms with E-state index in [1.807, 2.05) is 63.2 Å². The monoisotopic (exact) mass is 713 g/mol. The number of ether oxygens (including phenoxy) is 1. The van der Waals surface area contributed by atoms with Gasteiger partial charge in [0, 0.05) is 34.8 Å². The second kappa shape index (κ2) is 18.2. The zero-order valence-electron chi connectivity index (χ0n) is 29.6. The third-order valence-electron chi connectivity index (χ3n) is 8.24. The highest BCUT2D eigenvalue weighted by molar-refractivity contribution is 7.14. The van der Waals surface area contributed by atoms with Crippen molar-refractivity contribution in [3.05, 3.63) is 88.4 Å². The molecule has 2 aromatic carbocycles. The van der Waals surface area contributed by atoms with E-state index >= 15 is 0 Å². The quantitative estimate of drug-likeness (QED) is 0.0869. The number of aromatic nitrogens is 2. The van der Waals surface area contributed by atoms with Crippen molar-refractivity contribution in [2.24, 2.45) is 5.73 Å². The van der Waals surface area contributed by atoms with Crippen LogP contribution in [0.25, 0.3) is 22.5 Å². The number of carbonyl (C=O) groups excluding carboxylic acids is 3. The Kier molecular flexibility index (Phi) is 13.8. The molecule has 2 aromatic heterocycles. The number of rotatable bonds is 18. The normalized spacial score (nSPS) is 12.5. The molecule has 4 aromatic rings. The lowest BCUT2D eigenvalue weighted by Crippen LogP contribution is -2.54. The molecule has 0 bridgehead atoms. The van der Waals surface area contributed by atoms with E-state index in [2.05, 4.69) is 27.5 Å². The SMILES string of the molecule is CCCCCCCOc1ccc(-c2cnc(-c3ccc(C[C@H](NC(=O)c4ccc(C(C)(C)C)s4)C(=O)N[C@@H](CC(=O)O)C(N)=O)cc3)nc2)cc1. The number of carboxylic acid groups (broad SMARTS) is 1. The number of carbonyl (C=O) groups is 4. The van der Waals surface area contributed by atoms with Crippen molar-refractivity contribution < 1.29 is 29.0 Å². The number of aliphatic carboxylic acids is 1. The molecule has 0 saturated carbocycles. The van der Waals surface area contributed by atoms with Crippen molar-refractivity contribution in [2.45, 2.75) is 90.1 Å². The van der Waals surface area contributed by atoms with Gasteiger partial charge in [-0.25, -0.2) is 9.97 Å². The predicted octanol–water partition coefficient (Wildman–Crippen LogP) is 6.30. The van der Waals surface area contributed by atoms with Crippen LogP contribution in [0.4, 0.5) is 0 Å². The maximum absolute atomic E-state index is 13.4. The van der Waals surface area contributed by atoms with Crippen LogP contribution in [-0.4, -0.2) is 57.5 Å². The number of hydrogen-bond acceptors (Lipinski definition) is 8. The minimum atomic E-state index is -1.44. The summed E-state index contributed by atoms with van der Waals surface area (Å²) in [5, 5.41) is 14.4. The molecule has 5 N–H and O–H groups in total. The third kappa shape index (κ3) is 11.7. The summed E-state index contributed by atoms with van der Waals surface area (Å²) in [5.74, 6) is -2.14. The fourth-order valence-electron chi connectivity index (χ4n) is 5.26. The Labute approximate surface area is 303 Å². The van der Waals surface area contributed by atoms with Crippen LogP contribution in [0, 0.1) is 0 Å². The Morgan fingerprint density at radius 3 is 2.06 bits per heavy atom. The molecule has 0 radical (unpaired) electrons. The second-order valence-corrected chi connectivity index (χ2v) is 14.6. The Balaban J connectivity index is 1.43. The smallest absolute Gasteiger partial charge is 0.305 e. The average Bonchev–Trinajstić information content (AvgIpc) is 3.62. The lowest BCUT2D eigenvalue weighted by molar-refractivity contribution is -0.140. The zero-order valence-corrected chi connectivity index (χ0v) is 30.4. The molecule has 2 heterocycles. The number of nitrogens with one attached hydrogen (secondary N) is 2. The van der Waals surface area contributed by atoms with E-state index in [0.29, 0.717) is 22.9 Å². The van der Waals surface area contributed by atoms with Crippen LogP contribution < -0.4 is 21.1 Å². The summed E-state index contributed by atoms with van der Waals surface area (Å²) in [6.07, 6.45) is 8.85. The van der Waals surface area contributed by atoms with Crippen molar-refractivity contribution in [2.75, 3.05) is 6.61 Å². The van der Waals surface area contributed by atoms with Crippen LogP contribution in [0.1, 0.15) is 86.3 Å². The third-order valence-corrected chi connectivity index (χ3v) is 9.75. The first kappa shape index (κ1) is 38.7. The summed E-state index contributed by atoms with van der Waals surface area (Å²) in [5.41, 5.74) is 8.48. The van der Waals surface area contributed by atoms with E-state index in [0.717, 1.165) is 33.7 Å². The Bertz CT molecular complexity index is 1770. The van der Waals surface area contributed by atoms with Gasteiger partial charge in [-0.1, -0.05) is 89.8 Å². The Morgan fingerprint density at radius 2 is 1.47 bits per heavy atom. The van der Waals surface area contributed by atoms with Gasteiger partial charge in [0.05, 0.1) is 17.9 Å². The molecule has 0 saturated heterocycles. The molecule has 51 heavy (non-hydrogen) atoms. The molecule has 4 rings (SSSR count). The fourth-order valence-corrected chi connectivity index (χ4v) is 6.23. The number of amides is 3. The molecule has 2 atom stereocenters. The highest BCUT2D eigenvalue weighted by Gasteiger charge is 2.28. The number of nitrogens with two attached hydrogens (primary N) is 1. The number of thiophene rings is 1. The molecule has 0 aliphatic heterocycles. The van der Waals surface area contributed by atoms with Crippen LogP contribution in [0.3, 0.4) is 0 Å². The minimum Gasteiger partial charge on any atom is -0.494 e. The van der Waals surface area contributed by atoms with Gasteiger partial charge in [-0.3, -0.25) is 19.2 Å². The molecule has 11 nitrogen and oxygen atoms in total. The van der Waals surface area contributed by atoms with Crippen molar-refractivity contribution in [1.29, 1.82) is 0 Å². The van der Waals surface area contributed by atoms with Crippen molar-refractivity contribution in [3.63, 3.8) is 0 Å². The highest BCUT2D eigenvalue weighted by atomic mass is 32.1. The molecular formula is C39H47N5O6S. The lowest BCUT2D eigenvalue weighted by Gasteiger charge is -2.21. The van der Waals surface area contributed by atoms with Crippen molar-refractivity contribution in [3.8, 4) is 28.3 Å². The largest absolute Gasteiger partial charge is 0.494 e. The number of unbranched alkanes of at least 4 members (excludes halogenated alkanes) is 4. The van der Waals surface area contributed by atoms with E-state index in [1.54, 1.807) is 30.6 Å². The predicted molar refractivity (Wildman–Crippen MR) is 199 cm³/mol. The van der Waals surface area contributed by atoms with Crippen LogP contribution in [0.5, 0.6) is 5.75 Å². The number of primary amides is 1. The molecular weight excluding hydrogens is 667 g/mol. The van der Waals surface area contributed by atoms with Gasteiger partial charge in [0.1, 0.15) is 17.8 Å². The first-order valence-electron chi connectivity index (χ1n) is 17.2. The number of benzene rings is 2. The number of nitrogens with zero attached hydrogens (tertiary/aromatic N) is 2. The van der Waals surface area contributed by atoms with Gasteiger partial charge in [0.25, 0.3) is 5.91 Å². The highest BCUT2D eigenvalue weighted by Crippen LogP contribution is 2.29. The summed E-state index contributed by atoms with van der Waals surface area (Å²) in [4.78, 5) is 60.3.